The van der Waals surface area contributed by atoms with Gasteiger partial charge in [0.05, 0.1) is 0 Å². The Morgan fingerprint density at radius 2 is 1.85 bits per heavy atom. The molecule has 0 aliphatic heterocycles. The van der Waals surface area contributed by atoms with E-state index in [1.165, 1.54) is 24.3 Å². The first kappa shape index (κ1) is 19.9. The maximum absolute atomic E-state index is 12.2. The van der Waals surface area contributed by atoms with Crippen LogP contribution in [0.2, 0.25) is 0 Å². The maximum atomic E-state index is 12.2. The lowest BCUT2D eigenvalue weighted by atomic mass is 10.3. The third kappa shape index (κ3) is 5.82. The standard InChI is InChI=1S/C14H12F2N2O6S2/c15-14(16)25-9-3-1-8(2-4-9)18-11(19)7-23-13(20)10-5-6-12(24-10)26(17,21)22/h1-6,14H,7H2,(H,18,19)(H2,17,21,22). The van der Waals surface area contributed by atoms with E-state index in [1.54, 1.807) is 0 Å². The number of rotatable bonds is 7. The van der Waals surface area contributed by atoms with E-state index in [4.69, 9.17) is 9.56 Å². The number of amides is 1. The molecule has 0 aliphatic carbocycles. The van der Waals surface area contributed by atoms with Crippen molar-refractivity contribution in [2.45, 2.75) is 15.7 Å². The number of carbonyl (C=O) groups is 2. The third-order valence-corrected chi connectivity index (χ3v) is 4.26. The summed E-state index contributed by atoms with van der Waals surface area (Å²) in [6, 6.07) is 7.64. The van der Waals surface area contributed by atoms with Crippen molar-refractivity contribution in [1.29, 1.82) is 0 Å². The molecule has 1 heterocycles. The van der Waals surface area contributed by atoms with Crippen molar-refractivity contribution in [1.82, 2.24) is 0 Å². The van der Waals surface area contributed by atoms with Gasteiger partial charge in [-0.15, -0.1) is 0 Å². The molecule has 26 heavy (non-hydrogen) atoms. The minimum atomic E-state index is -4.10. The van der Waals surface area contributed by atoms with Crippen molar-refractivity contribution in [2.75, 3.05) is 11.9 Å². The summed E-state index contributed by atoms with van der Waals surface area (Å²) >= 11 is 0.364. The number of halogens is 2. The molecule has 0 atom stereocenters. The van der Waals surface area contributed by atoms with Gasteiger partial charge in [0.25, 0.3) is 21.7 Å². The molecule has 140 valence electrons. The number of nitrogens with two attached hydrogens (primary N) is 1. The lowest BCUT2D eigenvalue weighted by molar-refractivity contribution is -0.119. The van der Waals surface area contributed by atoms with Crippen molar-refractivity contribution >= 4 is 39.3 Å². The van der Waals surface area contributed by atoms with Crippen LogP contribution >= 0.6 is 11.8 Å². The highest BCUT2D eigenvalue weighted by molar-refractivity contribution is 7.99. The molecule has 0 aliphatic rings. The Hall–Kier alpha value is -2.44. The molecule has 0 unspecified atom stereocenters. The fourth-order valence-electron chi connectivity index (χ4n) is 1.70. The summed E-state index contributed by atoms with van der Waals surface area (Å²) in [7, 11) is -4.10. The number of benzene rings is 1. The second kappa shape index (κ2) is 8.29. The number of carbonyl (C=O) groups excluding carboxylic acids is 2. The van der Waals surface area contributed by atoms with Crippen LogP contribution in [0.5, 0.6) is 0 Å². The van der Waals surface area contributed by atoms with E-state index in [2.05, 4.69) is 10.1 Å². The SMILES string of the molecule is NS(=O)(=O)c1ccc(C(=O)OCC(=O)Nc2ccc(SC(F)F)cc2)o1. The second-order valence-electron chi connectivity index (χ2n) is 4.69. The molecule has 2 aromatic rings. The molecule has 0 radical (unpaired) electrons. The molecule has 0 fully saturated rings. The Balaban J connectivity index is 1.86. The number of nitrogens with one attached hydrogen (secondary N) is 1. The molecular formula is C14H12F2N2O6S2. The average Bonchev–Trinajstić information content (AvgIpc) is 3.04. The van der Waals surface area contributed by atoms with Crippen LogP contribution in [0.15, 0.2) is 50.8 Å². The van der Waals surface area contributed by atoms with E-state index in [0.29, 0.717) is 22.3 Å². The van der Waals surface area contributed by atoms with Crippen LogP contribution in [0.4, 0.5) is 14.5 Å². The van der Waals surface area contributed by atoms with Crippen LogP contribution in [0.3, 0.4) is 0 Å². The van der Waals surface area contributed by atoms with Gasteiger partial charge in [-0.3, -0.25) is 4.79 Å². The van der Waals surface area contributed by atoms with Crippen LogP contribution in [-0.2, 0) is 19.6 Å². The van der Waals surface area contributed by atoms with Gasteiger partial charge >= 0.3 is 5.97 Å². The lowest BCUT2D eigenvalue weighted by Crippen LogP contribution is -2.20. The number of furan rings is 1. The van der Waals surface area contributed by atoms with E-state index >= 15 is 0 Å². The minimum Gasteiger partial charge on any atom is -0.450 e. The van der Waals surface area contributed by atoms with E-state index in [0.717, 1.165) is 12.1 Å². The van der Waals surface area contributed by atoms with Gasteiger partial charge in [0.2, 0.25) is 10.9 Å². The Kier molecular flexibility index (Phi) is 6.34. The normalized spacial score (nSPS) is 11.4. The quantitative estimate of drug-likeness (QED) is 0.532. The van der Waals surface area contributed by atoms with Crippen LogP contribution in [0, 0.1) is 0 Å². The number of anilines is 1. The average molecular weight is 406 g/mol. The minimum absolute atomic E-state index is 0.319. The highest BCUT2D eigenvalue weighted by Gasteiger charge is 2.19. The molecule has 3 N–H and O–H groups in total. The number of primary sulfonamides is 1. The summed E-state index contributed by atoms with van der Waals surface area (Å²) in [4.78, 5) is 23.7. The smallest absolute Gasteiger partial charge is 0.374 e. The van der Waals surface area contributed by atoms with E-state index in [9.17, 15) is 26.8 Å². The summed E-state index contributed by atoms with van der Waals surface area (Å²) < 4.78 is 55.9. The summed E-state index contributed by atoms with van der Waals surface area (Å²) in [6.45, 7) is -0.669. The predicted octanol–water partition coefficient (Wildman–Crippen LogP) is 2.04. The molecule has 0 saturated heterocycles. The van der Waals surface area contributed by atoms with Crippen LogP contribution in [-0.4, -0.2) is 32.7 Å². The number of hydrogen-bond acceptors (Lipinski definition) is 7. The number of alkyl halides is 2. The zero-order valence-electron chi connectivity index (χ0n) is 12.8. The molecule has 1 aromatic carbocycles. The molecule has 0 saturated carbocycles. The first-order chi connectivity index (χ1) is 12.1. The number of hydrogen-bond donors (Lipinski definition) is 2. The maximum Gasteiger partial charge on any atom is 0.374 e. The van der Waals surface area contributed by atoms with Crippen molar-refractivity contribution in [3.63, 3.8) is 0 Å². The van der Waals surface area contributed by atoms with E-state index < -0.39 is 45.1 Å². The van der Waals surface area contributed by atoms with Gasteiger partial charge in [-0.2, -0.15) is 8.78 Å². The van der Waals surface area contributed by atoms with Crippen LogP contribution in [0.1, 0.15) is 10.6 Å². The Morgan fingerprint density at radius 3 is 2.38 bits per heavy atom. The largest absolute Gasteiger partial charge is 0.450 e. The number of sulfonamides is 1. The van der Waals surface area contributed by atoms with Crippen LogP contribution < -0.4 is 10.5 Å². The molecule has 12 heteroatoms. The Morgan fingerprint density at radius 1 is 1.19 bits per heavy atom. The van der Waals surface area contributed by atoms with E-state index in [1.807, 2.05) is 0 Å². The number of ether oxygens (including phenoxy) is 1. The van der Waals surface area contributed by atoms with Crippen LogP contribution in [0.25, 0.3) is 0 Å². The van der Waals surface area contributed by atoms with Gasteiger partial charge in [-0.05, 0) is 36.4 Å². The van der Waals surface area contributed by atoms with Gasteiger partial charge in [0, 0.05) is 10.6 Å². The van der Waals surface area contributed by atoms with Gasteiger partial charge in [-0.1, -0.05) is 11.8 Å². The first-order valence-corrected chi connectivity index (χ1v) is 9.22. The second-order valence-corrected chi connectivity index (χ2v) is 7.25. The van der Waals surface area contributed by atoms with Gasteiger partial charge in [0.1, 0.15) is 0 Å². The topological polar surface area (TPSA) is 129 Å². The third-order valence-electron chi connectivity index (χ3n) is 2.76. The van der Waals surface area contributed by atoms with E-state index in [-0.39, 0.29) is 0 Å². The van der Waals surface area contributed by atoms with Crippen molar-refractivity contribution in [3.05, 3.63) is 42.2 Å². The van der Waals surface area contributed by atoms with Gasteiger partial charge < -0.3 is 14.5 Å². The molecule has 8 nitrogen and oxygen atoms in total. The zero-order chi connectivity index (χ0) is 19.3. The molecule has 2 rings (SSSR count). The molecular weight excluding hydrogens is 394 g/mol. The highest BCUT2D eigenvalue weighted by Crippen LogP contribution is 2.26. The fourth-order valence-corrected chi connectivity index (χ4v) is 2.66. The summed E-state index contributed by atoms with van der Waals surface area (Å²) in [5, 5.41) is 6.62. The summed E-state index contributed by atoms with van der Waals surface area (Å²) in [5.74, 6) is -4.73. The van der Waals surface area contributed by atoms with Crippen molar-refractivity contribution in [2.24, 2.45) is 5.14 Å². The van der Waals surface area contributed by atoms with Gasteiger partial charge in [-0.25, -0.2) is 18.4 Å². The molecule has 1 amide bonds. The predicted molar refractivity (Wildman–Crippen MR) is 87.3 cm³/mol. The number of esters is 1. The number of thioether (sulfide) groups is 1. The molecule has 1 aromatic heterocycles. The highest BCUT2D eigenvalue weighted by atomic mass is 32.2. The zero-order valence-corrected chi connectivity index (χ0v) is 14.5. The fraction of sp³-hybridized carbons (Fsp3) is 0.143. The summed E-state index contributed by atoms with van der Waals surface area (Å²) in [5.41, 5.74) is 0.319. The Bertz CT molecular complexity index is 896. The summed E-state index contributed by atoms with van der Waals surface area (Å²) in [6.07, 6.45) is 0. The lowest BCUT2D eigenvalue weighted by Gasteiger charge is -2.06. The van der Waals surface area contributed by atoms with Gasteiger partial charge in [0.15, 0.2) is 6.61 Å². The Labute approximate surface area is 150 Å². The molecule has 0 bridgehead atoms. The van der Waals surface area contributed by atoms with Crippen molar-refractivity contribution < 1.29 is 35.9 Å². The monoisotopic (exact) mass is 406 g/mol. The first-order valence-electron chi connectivity index (χ1n) is 6.79. The van der Waals surface area contributed by atoms with Crippen molar-refractivity contribution in [3.8, 4) is 0 Å². The molecule has 0 spiro atoms.